The summed E-state index contributed by atoms with van der Waals surface area (Å²) in [5.41, 5.74) is -0.207. The summed E-state index contributed by atoms with van der Waals surface area (Å²) in [6, 6.07) is 13.5. The van der Waals surface area contributed by atoms with Crippen LogP contribution in [0, 0.1) is 28.7 Å². The number of halogens is 5. The van der Waals surface area contributed by atoms with Gasteiger partial charge in [0.25, 0.3) is 5.88 Å². The number of hydrogen-bond donors (Lipinski definition) is 1. The molecule has 1 aliphatic heterocycles. The van der Waals surface area contributed by atoms with Crippen LogP contribution in [0.4, 0.5) is 17.6 Å². The van der Waals surface area contributed by atoms with E-state index in [9.17, 15) is 14.3 Å². The number of carboxylic acids is 1. The summed E-state index contributed by atoms with van der Waals surface area (Å²) in [7, 11) is 0. The fourth-order valence-electron chi connectivity index (χ4n) is 5.47. The van der Waals surface area contributed by atoms with E-state index in [1.807, 2.05) is 13.8 Å². The summed E-state index contributed by atoms with van der Waals surface area (Å²) in [5.74, 6) is -6.14. The van der Waals surface area contributed by atoms with Gasteiger partial charge in [-0.1, -0.05) is 37.6 Å². The van der Waals surface area contributed by atoms with Gasteiger partial charge < -0.3 is 19.1 Å². The van der Waals surface area contributed by atoms with Crippen LogP contribution in [0.1, 0.15) is 47.2 Å². The van der Waals surface area contributed by atoms with Crippen molar-refractivity contribution in [2.45, 2.75) is 32.9 Å². The first-order valence-corrected chi connectivity index (χ1v) is 14.3. The average Bonchev–Trinajstić information content (AvgIpc) is 3.54. The van der Waals surface area contributed by atoms with Crippen LogP contribution in [0.3, 0.4) is 0 Å². The molecule has 0 aliphatic carbocycles. The smallest absolute Gasteiger partial charge is 0.335 e. The van der Waals surface area contributed by atoms with E-state index >= 15 is 13.2 Å². The van der Waals surface area contributed by atoms with Crippen molar-refractivity contribution in [1.82, 2.24) is 14.5 Å². The van der Waals surface area contributed by atoms with Gasteiger partial charge in [0.15, 0.2) is 17.5 Å². The van der Waals surface area contributed by atoms with Gasteiger partial charge in [0.05, 0.1) is 41.5 Å². The third-order valence-electron chi connectivity index (χ3n) is 7.94. The van der Waals surface area contributed by atoms with Gasteiger partial charge in [0, 0.05) is 28.0 Å². The van der Waals surface area contributed by atoms with Gasteiger partial charge in [-0.05, 0) is 54.1 Å². The topological polar surface area (TPSA) is 86.5 Å². The molecule has 5 aromatic rings. The number of benzene rings is 3. The van der Waals surface area contributed by atoms with E-state index in [1.165, 1.54) is 18.2 Å². The van der Waals surface area contributed by atoms with Crippen molar-refractivity contribution in [3.8, 4) is 17.1 Å². The molecule has 1 atom stereocenters. The van der Waals surface area contributed by atoms with E-state index in [0.29, 0.717) is 28.2 Å². The fourth-order valence-corrected chi connectivity index (χ4v) is 5.60. The molecule has 12 heteroatoms. The first kappa shape index (κ1) is 30.5. The summed E-state index contributed by atoms with van der Waals surface area (Å²) in [5, 5.41) is 10.1. The zero-order chi connectivity index (χ0) is 32.0. The van der Waals surface area contributed by atoms with E-state index < -0.39 is 58.1 Å². The molecule has 6 rings (SSSR count). The number of carboxylic acid groups (broad SMARTS) is 1. The standard InChI is InChI=1S/C33H26ClF4N3O4/c1-33(2)16-44-15-27(33)41-26-11-18(32(42)43)5-9-25(26)39-28(41)13-20-23(36)12-21(30(38)29(20)37)24-10-8-22(35)31(40-24)45-14-17-3-6-19(34)7-4-17/h3-12,27H,13-16H2,1-2H3,(H,42,43)/t27-/m1/s1. The highest BCUT2D eigenvalue weighted by atomic mass is 35.5. The van der Waals surface area contributed by atoms with E-state index in [-0.39, 0.29) is 36.3 Å². The Morgan fingerprint density at radius 3 is 2.47 bits per heavy atom. The van der Waals surface area contributed by atoms with Crippen LogP contribution < -0.4 is 4.74 Å². The molecule has 3 aromatic carbocycles. The molecule has 0 spiro atoms. The molecule has 2 aromatic heterocycles. The Morgan fingerprint density at radius 2 is 1.78 bits per heavy atom. The predicted octanol–water partition coefficient (Wildman–Crippen LogP) is 7.77. The molecule has 0 saturated carbocycles. The Labute approximate surface area is 260 Å². The zero-order valence-electron chi connectivity index (χ0n) is 24.1. The van der Waals surface area contributed by atoms with E-state index in [1.54, 1.807) is 28.8 Å². The number of imidazole rings is 1. The van der Waals surface area contributed by atoms with Crippen LogP contribution in [0.15, 0.2) is 60.7 Å². The lowest BCUT2D eigenvalue weighted by Crippen LogP contribution is -2.27. The Kier molecular flexibility index (Phi) is 8.00. The van der Waals surface area contributed by atoms with Gasteiger partial charge in [-0.2, -0.15) is 0 Å². The number of rotatable bonds is 8. The molecule has 1 N–H and O–H groups in total. The quantitative estimate of drug-likeness (QED) is 0.138. The van der Waals surface area contributed by atoms with Gasteiger partial charge >= 0.3 is 5.97 Å². The van der Waals surface area contributed by atoms with Crippen molar-refractivity contribution in [1.29, 1.82) is 0 Å². The van der Waals surface area contributed by atoms with Gasteiger partial charge in [-0.25, -0.2) is 32.3 Å². The van der Waals surface area contributed by atoms with E-state index in [0.717, 1.165) is 18.2 Å². The second-order valence-corrected chi connectivity index (χ2v) is 12.0. The lowest BCUT2D eigenvalue weighted by molar-refractivity contribution is 0.0697. The third kappa shape index (κ3) is 5.85. The van der Waals surface area contributed by atoms with Gasteiger partial charge in [0.1, 0.15) is 18.2 Å². The molecule has 1 saturated heterocycles. The number of pyridine rings is 1. The van der Waals surface area contributed by atoms with Gasteiger partial charge in [-0.3, -0.25) is 0 Å². The molecule has 7 nitrogen and oxygen atoms in total. The van der Waals surface area contributed by atoms with E-state index in [4.69, 9.17) is 21.1 Å². The molecule has 3 heterocycles. The summed E-state index contributed by atoms with van der Waals surface area (Å²) < 4.78 is 74.3. The Balaban J connectivity index is 1.37. The highest BCUT2D eigenvalue weighted by Gasteiger charge is 2.39. The minimum Gasteiger partial charge on any atom is -0.478 e. The number of ether oxygens (including phenoxy) is 2. The van der Waals surface area contributed by atoms with Crippen LogP contribution in [-0.4, -0.2) is 38.8 Å². The second kappa shape index (κ2) is 11.8. The molecule has 1 aliphatic rings. The molecule has 0 radical (unpaired) electrons. The summed E-state index contributed by atoms with van der Waals surface area (Å²) in [4.78, 5) is 20.3. The van der Waals surface area contributed by atoms with Crippen molar-refractivity contribution in [2.75, 3.05) is 13.2 Å². The third-order valence-corrected chi connectivity index (χ3v) is 8.19. The number of fused-ring (bicyclic) bond motifs is 1. The normalized spacial score (nSPS) is 15.9. The van der Waals surface area contributed by atoms with Crippen molar-refractivity contribution in [3.05, 3.63) is 111 Å². The maximum Gasteiger partial charge on any atom is 0.335 e. The Hall–Kier alpha value is -4.48. The first-order valence-electron chi connectivity index (χ1n) is 14.0. The number of carbonyl (C=O) groups is 1. The Bertz CT molecular complexity index is 1950. The maximum atomic E-state index is 15.7. The molecule has 0 unspecified atom stereocenters. The summed E-state index contributed by atoms with van der Waals surface area (Å²) >= 11 is 5.88. The minimum atomic E-state index is -1.45. The monoisotopic (exact) mass is 639 g/mol. The molecular weight excluding hydrogens is 614 g/mol. The number of aromatic carboxylic acids is 1. The van der Waals surface area contributed by atoms with Crippen molar-refractivity contribution in [2.24, 2.45) is 5.41 Å². The summed E-state index contributed by atoms with van der Waals surface area (Å²) in [6.07, 6.45) is -0.440. The lowest BCUT2D eigenvalue weighted by Gasteiger charge is -2.28. The largest absolute Gasteiger partial charge is 0.478 e. The second-order valence-electron chi connectivity index (χ2n) is 11.5. The number of hydrogen-bond acceptors (Lipinski definition) is 5. The number of nitrogens with zero attached hydrogens (tertiary/aromatic N) is 3. The van der Waals surface area contributed by atoms with Crippen LogP contribution in [0.5, 0.6) is 5.88 Å². The van der Waals surface area contributed by atoms with Crippen LogP contribution in [0.25, 0.3) is 22.3 Å². The molecule has 0 bridgehead atoms. The molecule has 1 fully saturated rings. The maximum absolute atomic E-state index is 15.7. The van der Waals surface area contributed by atoms with Crippen LogP contribution in [-0.2, 0) is 17.8 Å². The molecular formula is C33H26ClF4N3O4. The van der Waals surface area contributed by atoms with E-state index in [2.05, 4.69) is 9.97 Å². The minimum absolute atomic E-state index is 0.0167. The Morgan fingerprint density at radius 1 is 1.02 bits per heavy atom. The predicted molar refractivity (Wildman–Crippen MR) is 158 cm³/mol. The van der Waals surface area contributed by atoms with Crippen molar-refractivity contribution in [3.63, 3.8) is 0 Å². The molecule has 45 heavy (non-hydrogen) atoms. The summed E-state index contributed by atoms with van der Waals surface area (Å²) in [6.45, 7) is 4.50. The van der Waals surface area contributed by atoms with Gasteiger partial charge in [-0.15, -0.1) is 0 Å². The zero-order valence-corrected chi connectivity index (χ0v) is 24.8. The van der Waals surface area contributed by atoms with Crippen molar-refractivity contribution < 1.29 is 36.9 Å². The molecule has 0 amide bonds. The van der Waals surface area contributed by atoms with Crippen LogP contribution >= 0.6 is 11.6 Å². The van der Waals surface area contributed by atoms with Crippen molar-refractivity contribution >= 4 is 28.6 Å². The van der Waals surface area contributed by atoms with Gasteiger partial charge in [0.2, 0.25) is 0 Å². The highest BCUT2D eigenvalue weighted by molar-refractivity contribution is 6.30. The SMILES string of the molecule is CC1(C)COC[C@H]1n1c(Cc2c(F)cc(-c3ccc(F)c(OCc4ccc(Cl)cc4)n3)c(F)c2F)nc2ccc(C(=O)O)cc21. The molecule has 232 valence electrons. The highest BCUT2D eigenvalue weighted by Crippen LogP contribution is 2.41. The first-order chi connectivity index (χ1) is 21.4. The lowest BCUT2D eigenvalue weighted by atomic mass is 9.87. The average molecular weight is 640 g/mol. The van der Waals surface area contributed by atoms with Crippen LogP contribution in [0.2, 0.25) is 5.02 Å². The number of aromatic nitrogens is 3. The fraction of sp³-hybridized carbons (Fsp3) is 0.242.